The van der Waals surface area contributed by atoms with Gasteiger partial charge in [0, 0.05) is 17.3 Å². The summed E-state index contributed by atoms with van der Waals surface area (Å²) in [7, 11) is 1.54. The smallest absolute Gasteiger partial charge is 0.300 e. The molecule has 1 saturated heterocycles. The average Bonchev–Trinajstić information content (AvgIpc) is 3.17. The molecule has 1 N–H and O–H groups in total. The van der Waals surface area contributed by atoms with Gasteiger partial charge in [0.05, 0.1) is 23.2 Å². The van der Waals surface area contributed by atoms with Crippen LogP contribution in [0.4, 0.5) is 5.69 Å². The van der Waals surface area contributed by atoms with Gasteiger partial charge in [0.25, 0.3) is 11.7 Å². The van der Waals surface area contributed by atoms with Crippen molar-refractivity contribution in [3.8, 4) is 17.2 Å². The third-order valence-corrected chi connectivity index (χ3v) is 7.39. The van der Waals surface area contributed by atoms with Crippen molar-refractivity contribution in [2.75, 3.05) is 25.2 Å². The largest absolute Gasteiger partial charge is 0.507 e. The summed E-state index contributed by atoms with van der Waals surface area (Å²) >= 11 is 3.43. The van der Waals surface area contributed by atoms with Gasteiger partial charge in [-0.25, -0.2) is 0 Å². The molecular weight excluding hydrogens is 550 g/mol. The second kappa shape index (κ2) is 9.83. The van der Waals surface area contributed by atoms with Crippen molar-refractivity contribution in [3.63, 3.8) is 0 Å². The second-order valence-corrected chi connectivity index (χ2v) is 11.1. The average molecular weight is 578 g/mol. The predicted octanol–water partition coefficient (Wildman–Crippen LogP) is 6.15. The van der Waals surface area contributed by atoms with E-state index in [2.05, 4.69) is 36.7 Å². The molecule has 3 aromatic carbocycles. The van der Waals surface area contributed by atoms with Crippen LogP contribution in [0.1, 0.15) is 43.5 Å². The monoisotopic (exact) mass is 577 g/mol. The van der Waals surface area contributed by atoms with E-state index in [4.69, 9.17) is 14.2 Å². The number of ketones is 1. The Morgan fingerprint density at radius 2 is 1.66 bits per heavy atom. The number of anilines is 1. The molecule has 0 bridgehead atoms. The molecule has 5 rings (SSSR count). The van der Waals surface area contributed by atoms with Crippen molar-refractivity contribution in [1.29, 1.82) is 0 Å². The first kappa shape index (κ1) is 25.9. The standard InChI is InChI=1S/C30H28BrNO6/c1-30(2,3)19-8-5-17(6-9-19)26-25(27(33)18-7-11-22(36-4)21(31)15-18)28(34)29(35)32(26)20-10-12-23-24(16-20)38-14-13-37-23/h5-12,15-16,26,33H,13-14H2,1-4H3/b27-25+. The minimum absolute atomic E-state index is 0.00506. The normalized spacial score (nSPS) is 18.6. The molecule has 38 heavy (non-hydrogen) atoms. The molecule has 0 aliphatic carbocycles. The first-order valence-corrected chi connectivity index (χ1v) is 13.0. The van der Waals surface area contributed by atoms with E-state index < -0.39 is 17.7 Å². The van der Waals surface area contributed by atoms with Gasteiger partial charge >= 0.3 is 0 Å². The molecule has 2 aliphatic rings. The van der Waals surface area contributed by atoms with Crippen molar-refractivity contribution in [2.45, 2.75) is 32.2 Å². The fraction of sp³-hybridized carbons (Fsp3) is 0.267. The Morgan fingerprint density at radius 3 is 2.29 bits per heavy atom. The summed E-state index contributed by atoms with van der Waals surface area (Å²) < 4.78 is 17.3. The van der Waals surface area contributed by atoms with Gasteiger partial charge in [-0.15, -0.1) is 0 Å². The van der Waals surface area contributed by atoms with Gasteiger partial charge in [-0.05, 0) is 62.8 Å². The number of Topliss-reactive ketones (excluding diaryl/α,β-unsaturated/α-hetero) is 1. The molecule has 0 radical (unpaired) electrons. The highest BCUT2D eigenvalue weighted by Gasteiger charge is 2.47. The predicted molar refractivity (Wildman–Crippen MR) is 148 cm³/mol. The molecule has 0 saturated carbocycles. The molecule has 1 amide bonds. The van der Waals surface area contributed by atoms with Crippen molar-refractivity contribution in [3.05, 3.63) is 87.4 Å². The van der Waals surface area contributed by atoms with Crippen LogP contribution in [0.5, 0.6) is 17.2 Å². The summed E-state index contributed by atoms with van der Waals surface area (Å²) in [6.07, 6.45) is 0. The number of amides is 1. The molecule has 3 aromatic rings. The molecule has 1 fully saturated rings. The molecule has 2 heterocycles. The van der Waals surface area contributed by atoms with E-state index in [1.54, 1.807) is 43.5 Å². The zero-order valence-electron chi connectivity index (χ0n) is 21.6. The lowest BCUT2D eigenvalue weighted by molar-refractivity contribution is -0.132. The quantitative estimate of drug-likeness (QED) is 0.227. The van der Waals surface area contributed by atoms with E-state index in [9.17, 15) is 14.7 Å². The van der Waals surface area contributed by atoms with Crippen LogP contribution in [0.3, 0.4) is 0 Å². The molecule has 1 unspecified atom stereocenters. The maximum Gasteiger partial charge on any atom is 0.300 e. The minimum Gasteiger partial charge on any atom is -0.507 e. The molecule has 196 valence electrons. The lowest BCUT2D eigenvalue weighted by Gasteiger charge is -2.28. The molecule has 7 nitrogen and oxygen atoms in total. The summed E-state index contributed by atoms with van der Waals surface area (Å²) in [4.78, 5) is 28.4. The first-order valence-electron chi connectivity index (χ1n) is 12.2. The van der Waals surface area contributed by atoms with E-state index in [0.29, 0.717) is 51.7 Å². The Balaban J connectivity index is 1.69. The number of ether oxygens (including phenoxy) is 3. The van der Waals surface area contributed by atoms with Crippen LogP contribution < -0.4 is 19.1 Å². The highest BCUT2D eigenvalue weighted by atomic mass is 79.9. The second-order valence-electron chi connectivity index (χ2n) is 10.2. The number of fused-ring (bicyclic) bond motifs is 1. The molecule has 8 heteroatoms. The number of aliphatic hydroxyl groups is 1. The van der Waals surface area contributed by atoms with Crippen LogP contribution in [0.25, 0.3) is 5.76 Å². The minimum atomic E-state index is -0.854. The number of carbonyl (C=O) groups is 2. The first-order chi connectivity index (χ1) is 18.1. The summed E-state index contributed by atoms with van der Waals surface area (Å²) in [6, 6.07) is 17.1. The zero-order valence-corrected chi connectivity index (χ0v) is 23.2. The molecular formula is C30H28BrNO6. The van der Waals surface area contributed by atoms with Gasteiger partial charge < -0.3 is 19.3 Å². The molecule has 0 spiro atoms. The van der Waals surface area contributed by atoms with Crippen LogP contribution in [-0.4, -0.2) is 37.1 Å². The van der Waals surface area contributed by atoms with Crippen LogP contribution >= 0.6 is 15.9 Å². The van der Waals surface area contributed by atoms with Gasteiger partial charge in [0.15, 0.2) is 11.5 Å². The lowest BCUT2D eigenvalue weighted by atomic mass is 9.85. The molecule has 2 aliphatic heterocycles. The highest BCUT2D eigenvalue weighted by Crippen LogP contribution is 2.45. The summed E-state index contributed by atoms with van der Waals surface area (Å²) in [6.45, 7) is 7.17. The van der Waals surface area contributed by atoms with E-state index in [1.807, 2.05) is 24.3 Å². The van der Waals surface area contributed by atoms with E-state index >= 15 is 0 Å². The Bertz CT molecular complexity index is 1450. The third-order valence-electron chi connectivity index (χ3n) is 6.77. The van der Waals surface area contributed by atoms with Gasteiger partial charge in [-0.1, -0.05) is 45.0 Å². The Hall–Kier alpha value is -3.78. The fourth-order valence-corrected chi connectivity index (χ4v) is 5.27. The highest BCUT2D eigenvalue weighted by molar-refractivity contribution is 9.10. The van der Waals surface area contributed by atoms with Gasteiger partial charge in [-0.3, -0.25) is 14.5 Å². The third kappa shape index (κ3) is 4.53. The number of methoxy groups -OCH3 is 1. The molecule has 0 aromatic heterocycles. The number of hydrogen-bond acceptors (Lipinski definition) is 6. The number of carbonyl (C=O) groups excluding carboxylic acids is 2. The maximum atomic E-state index is 13.5. The van der Waals surface area contributed by atoms with E-state index in [0.717, 1.165) is 5.56 Å². The van der Waals surface area contributed by atoms with E-state index in [1.165, 1.54) is 4.90 Å². The topological polar surface area (TPSA) is 85.3 Å². The Labute approximate surface area is 229 Å². The van der Waals surface area contributed by atoms with Crippen LogP contribution in [0.2, 0.25) is 0 Å². The maximum absolute atomic E-state index is 13.5. The van der Waals surface area contributed by atoms with Gasteiger partial charge in [-0.2, -0.15) is 0 Å². The Kier molecular flexibility index (Phi) is 6.69. The molecule has 1 atom stereocenters. The lowest BCUT2D eigenvalue weighted by Crippen LogP contribution is -2.29. The fourth-order valence-electron chi connectivity index (χ4n) is 4.73. The van der Waals surface area contributed by atoms with Gasteiger partial charge in [0.1, 0.15) is 24.7 Å². The SMILES string of the molecule is COc1ccc(/C(O)=C2\C(=O)C(=O)N(c3ccc4c(c3)OCCO4)C2c2ccc(C(C)(C)C)cc2)cc1Br. The van der Waals surface area contributed by atoms with Crippen molar-refractivity contribution < 1.29 is 28.9 Å². The number of benzene rings is 3. The summed E-state index contributed by atoms with van der Waals surface area (Å²) in [5, 5.41) is 11.4. The zero-order chi connectivity index (χ0) is 27.2. The van der Waals surface area contributed by atoms with Crippen LogP contribution in [-0.2, 0) is 15.0 Å². The number of hydrogen-bond donors (Lipinski definition) is 1. The van der Waals surface area contributed by atoms with Crippen LogP contribution in [0.15, 0.2) is 70.7 Å². The van der Waals surface area contributed by atoms with Gasteiger partial charge in [0.2, 0.25) is 0 Å². The van der Waals surface area contributed by atoms with Crippen molar-refractivity contribution in [2.24, 2.45) is 0 Å². The number of nitrogens with zero attached hydrogens (tertiary/aromatic N) is 1. The van der Waals surface area contributed by atoms with Crippen LogP contribution in [0, 0.1) is 0 Å². The summed E-state index contributed by atoms with van der Waals surface area (Å²) in [5.74, 6) is -0.124. The number of rotatable bonds is 4. The number of aliphatic hydroxyl groups excluding tert-OH is 1. The van der Waals surface area contributed by atoms with Crippen molar-refractivity contribution in [1.82, 2.24) is 0 Å². The Morgan fingerprint density at radius 1 is 0.974 bits per heavy atom. The number of halogens is 1. The van der Waals surface area contributed by atoms with Crippen molar-refractivity contribution >= 4 is 39.1 Å². The van der Waals surface area contributed by atoms with E-state index in [-0.39, 0.29) is 16.7 Å². The summed E-state index contributed by atoms with van der Waals surface area (Å²) in [5.41, 5.74) is 2.58.